The Morgan fingerprint density at radius 2 is 2.06 bits per heavy atom. The van der Waals surface area contributed by atoms with Gasteiger partial charge in [-0.2, -0.15) is 0 Å². The second-order valence-corrected chi connectivity index (χ2v) is 4.22. The van der Waals surface area contributed by atoms with Crippen LogP contribution < -0.4 is 5.32 Å². The van der Waals surface area contributed by atoms with Crippen molar-refractivity contribution in [2.75, 3.05) is 7.05 Å². The summed E-state index contributed by atoms with van der Waals surface area (Å²) in [5.41, 5.74) is 0.541. The van der Waals surface area contributed by atoms with Crippen LogP contribution in [-0.2, 0) is 6.54 Å². The van der Waals surface area contributed by atoms with Gasteiger partial charge in [0.2, 0.25) is 0 Å². The Labute approximate surface area is 95.1 Å². The lowest BCUT2D eigenvalue weighted by atomic mass is 10.2. The zero-order valence-electron chi connectivity index (χ0n) is 8.50. The largest absolute Gasteiger partial charge is 0.313 e. The van der Waals surface area contributed by atoms with Crippen LogP contribution in [0.1, 0.15) is 5.01 Å². The summed E-state index contributed by atoms with van der Waals surface area (Å²) in [5.74, 6) is -1.73. The number of hydrogen-bond acceptors (Lipinski definition) is 4. The van der Waals surface area contributed by atoms with Crippen LogP contribution in [-0.4, -0.2) is 17.2 Å². The highest BCUT2D eigenvalue weighted by Crippen LogP contribution is 2.24. The molecule has 3 nitrogen and oxygen atoms in total. The van der Waals surface area contributed by atoms with Crippen LogP contribution in [0.4, 0.5) is 8.78 Å². The smallest absolute Gasteiger partial charge is 0.159 e. The molecular weight excluding hydrogens is 232 g/mol. The molecule has 1 heterocycles. The van der Waals surface area contributed by atoms with E-state index in [2.05, 4.69) is 15.5 Å². The van der Waals surface area contributed by atoms with Gasteiger partial charge in [-0.1, -0.05) is 11.3 Å². The molecule has 2 aromatic rings. The average Bonchev–Trinajstić information content (AvgIpc) is 2.71. The van der Waals surface area contributed by atoms with Gasteiger partial charge in [0.1, 0.15) is 10.0 Å². The van der Waals surface area contributed by atoms with E-state index in [0.717, 1.165) is 17.1 Å². The lowest BCUT2D eigenvalue weighted by molar-refractivity contribution is 0.509. The zero-order valence-corrected chi connectivity index (χ0v) is 9.31. The van der Waals surface area contributed by atoms with Crippen LogP contribution in [0.15, 0.2) is 18.2 Å². The summed E-state index contributed by atoms with van der Waals surface area (Å²) < 4.78 is 25.7. The topological polar surface area (TPSA) is 37.8 Å². The summed E-state index contributed by atoms with van der Waals surface area (Å²) in [4.78, 5) is 0. The van der Waals surface area contributed by atoms with Crippen molar-refractivity contribution in [1.82, 2.24) is 15.5 Å². The third-order valence-electron chi connectivity index (χ3n) is 1.96. The quantitative estimate of drug-likeness (QED) is 0.895. The first-order chi connectivity index (χ1) is 7.70. The molecule has 0 saturated carbocycles. The van der Waals surface area contributed by atoms with Crippen molar-refractivity contribution in [3.63, 3.8) is 0 Å². The maximum atomic E-state index is 13.0. The fourth-order valence-corrected chi connectivity index (χ4v) is 2.07. The van der Waals surface area contributed by atoms with Gasteiger partial charge < -0.3 is 5.32 Å². The van der Waals surface area contributed by atoms with Crippen molar-refractivity contribution in [3.05, 3.63) is 34.8 Å². The first-order valence-corrected chi connectivity index (χ1v) is 5.45. The van der Waals surface area contributed by atoms with Crippen molar-refractivity contribution < 1.29 is 8.78 Å². The van der Waals surface area contributed by atoms with Crippen molar-refractivity contribution in [2.24, 2.45) is 0 Å². The van der Waals surface area contributed by atoms with E-state index in [4.69, 9.17) is 0 Å². The van der Waals surface area contributed by atoms with Gasteiger partial charge in [-0.25, -0.2) is 8.78 Å². The SMILES string of the molecule is CNCc1nnc(-c2ccc(F)c(F)c2)s1. The van der Waals surface area contributed by atoms with Gasteiger partial charge in [0.05, 0.1) is 0 Å². The predicted octanol–water partition coefficient (Wildman–Crippen LogP) is 2.20. The Hall–Kier alpha value is -1.40. The van der Waals surface area contributed by atoms with Gasteiger partial charge in [-0.05, 0) is 25.2 Å². The van der Waals surface area contributed by atoms with E-state index in [0.29, 0.717) is 17.1 Å². The molecule has 0 unspecified atom stereocenters. The number of rotatable bonds is 3. The first kappa shape index (κ1) is 11.1. The molecule has 2 rings (SSSR count). The van der Waals surface area contributed by atoms with E-state index < -0.39 is 11.6 Å². The third kappa shape index (κ3) is 2.23. The number of aromatic nitrogens is 2. The molecule has 1 aromatic carbocycles. The molecule has 0 amide bonds. The van der Waals surface area contributed by atoms with Crippen LogP contribution in [0.3, 0.4) is 0 Å². The fourth-order valence-electron chi connectivity index (χ4n) is 1.22. The molecule has 0 atom stereocenters. The number of halogens is 2. The molecular formula is C10H9F2N3S. The molecule has 0 radical (unpaired) electrons. The lowest BCUT2D eigenvalue weighted by Gasteiger charge is -1.96. The molecule has 0 saturated heterocycles. The minimum absolute atomic E-state index is 0.541. The normalized spacial score (nSPS) is 10.7. The van der Waals surface area contributed by atoms with E-state index in [1.54, 1.807) is 7.05 Å². The van der Waals surface area contributed by atoms with E-state index in [-0.39, 0.29) is 0 Å². The number of nitrogens with one attached hydrogen (secondary N) is 1. The maximum absolute atomic E-state index is 13.0. The van der Waals surface area contributed by atoms with Crippen LogP contribution in [0.25, 0.3) is 10.6 Å². The lowest BCUT2D eigenvalue weighted by Crippen LogP contribution is -2.04. The minimum Gasteiger partial charge on any atom is -0.313 e. The summed E-state index contributed by atoms with van der Waals surface area (Å²) in [6.45, 7) is 0.612. The van der Waals surface area contributed by atoms with Crippen molar-refractivity contribution in [3.8, 4) is 10.6 Å². The molecule has 16 heavy (non-hydrogen) atoms. The molecule has 1 N–H and O–H groups in total. The number of hydrogen-bond donors (Lipinski definition) is 1. The number of nitrogens with zero attached hydrogens (tertiary/aromatic N) is 2. The highest BCUT2D eigenvalue weighted by Gasteiger charge is 2.09. The van der Waals surface area contributed by atoms with E-state index in [1.807, 2.05) is 0 Å². The molecule has 0 spiro atoms. The van der Waals surface area contributed by atoms with Crippen LogP contribution in [0.2, 0.25) is 0 Å². The Kier molecular flexibility index (Phi) is 3.21. The van der Waals surface area contributed by atoms with Crippen LogP contribution in [0.5, 0.6) is 0 Å². The van der Waals surface area contributed by atoms with Gasteiger partial charge in [0, 0.05) is 12.1 Å². The third-order valence-corrected chi connectivity index (χ3v) is 2.93. The van der Waals surface area contributed by atoms with Gasteiger partial charge in [-0.15, -0.1) is 10.2 Å². The zero-order chi connectivity index (χ0) is 11.5. The molecule has 0 aliphatic rings. The van der Waals surface area contributed by atoms with E-state index in [9.17, 15) is 8.78 Å². The molecule has 0 aliphatic heterocycles. The Morgan fingerprint density at radius 3 is 2.75 bits per heavy atom. The van der Waals surface area contributed by atoms with Crippen molar-refractivity contribution >= 4 is 11.3 Å². The molecule has 0 fully saturated rings. The summed E-state index contributed by atoms with van der Waals surface area (Å²) in [5, 5.41) is 12.2. The molecule has 0 bridgehead atoms. The summed E-state index contributed by atoms with van der Waals surface area (Å²) >= 11 is 1.35. The highest BCUT2D eigenvalue weighted by molar-refractivity contribution is 7.14. The monoisotopic (exact) mass is 241 g/mol. The number of benzene rings is 1. The predicted molar refractivity (Wildman–Crippen MR) is 58.0 cm³/mol. The summed E-state index contributed by atoms with van der Waals surface area (Å²) in [6, 6.07) is 3.70. The van der Waals surface area contributed by atoms with E-state index in [1.165, 1.54) is 17.4 Å². The van der Waals surface area contributed by atoms with Crippen molar-refractivity contribution in [1.29, 1.82) is 0 Å². The maximum Gasteiger partial charge on any atom is 0.159 e. The Bertz CT molecular complexity index is 499. The second kappa shape index (κ2) is 4.63. The van der Waals surface area contributed by atoms with Crippen molar-refractivity contribution in [2.45, 2.75) is 6.54 Å². The van der Waals surface area contributed by atoms with Crippen LogP contribution >= 0.6 is 11.3 Å². The molecule has 84 valence electrons. The van der Waals surface area contributed by atoms with Gasteiger partial charge >= 0.3 is 0 Å². The Balaban J connectivity index is 2.31. The molecule has 0 aliphatic carbocycles. The Morgan fingerprint density at radius 1 is 1.25 bits per heavy atom. The molecule has 6 heteroatoms. The summed E-state index contributed by atoms with van der Waals surface area (Å²) in [6.07, 6.45) is 0. The van der Waals surface area contributed by atoms with Gasteiger partial charge in [-0.3, -0.25) is 0 Å². The fraction of sp³-hybridized carbons (Fsp3) is 0.200. The average molecular weight is 241 g/mol. The minimum atomic E-state index is -0.872. The van der Waals surface area contributed by atoms with E-state index >= 15 is 0 Å². The van der Waals surface area contributed by atoms with Gasteiger partial charge in [0.15, 0.2) is 11.6 Å². The first-order valence-electron chi connectivity index (χ1n) is 4.63. The molecule has 1 aromatic heterocycles. The van der Waals surface area contributed by atoms with Crippen LogP contribution in [0, 0.1) is 11.6 Å². The standard InChI is InChI=1S/C10H9F2N3S/c1-13-5-9-14-15-10(16-9)6-2-3-7(11)8(12)4-6/h2-4,13H,5H2,1H3. The highest BCUT2D eigenvalue weighted by atomic mass is 32.1. The second-order valence-electron chi connectivity index (χ2n) is 3.16. The van der Waals surface area contributed by atoms with Gasteiger partial charge in [0.25, 0.3) is 0 Å². The summed E-state index contributed by atoms with van der Waals surface area (Å²) in [7, 11) is 1.80.